The largest absolute Gasteiger partial charge is 0.416 e. The Morgan fingerprint density at radius 2 is 1.74 bits per heavy atom. The molecule has 2 N–H and O–H groups in total. The van der Waals surface area contributed by atoms with Crippen LogP contribution in [0, 0.1) is 5.41 Å². The Hall–Kier alpha value is -2.25. The lowest BCUT2D eigenvalue weighted by Gasteiger charge is -2.31. The Labute approximate surface area is 158 Å². The first-order chi connectivity index (χ1) is 12.7. The molecule has 0 bridgehead atoms. The summed E-state index contributed by atoms with van der Waals surface area (Å²) in [6.07, 6.45) is -0.602. The summed E-state index contributed by atoms with van der Waals surface area (Å²) < 4.78 is 37.9. The molecule has 0 heterocycles. The van der Waals surface area contributed by atoms with E-state index in [1.807, 2.05) is 0 Å². The Morgan fingerprint density at radius 3 is 2.22 bits per heavy atom. The molecule has 1 fully saturated rings. The van der Waals surface area contributed by atoms with Crippen molar-refractivity contribution in [1.29, 1.82) is 0 Å². The SMILES string of the molecule is CN=C(NCc1ccc(C(F)(F)F)cc1)NCC1(C(=O)N(C)C)CCCC1. The third-order valence-electron chi connectivity index (χ3n) is 4.98. The normalized spacial score (nSPS) is 16.9. The fourth-order valence-corrected chi connectivity index (χ4v) is 3.46. The number of guanidine groups is 1. The maximum atomic E-state index is 12.6. The topological polar surface area (TPSA) is 56.7 Å². The molecule has 0 radical (unpaired) electrons. The zero-order chi connectivity index (χ0) is 20.1. The van der Waals surface area contributed by atoms with Crippen LogP contribution in [0.4, 0.5) is 13.2 Å². The summed E-state index contributed by atoms with van der Waals surface area (Å²) >= 11 is 0. The monoisotopic (exact) mass is 384 g/mol. The van der Waals surface area contributed by atoms with Crippen molar-refractivity contribution in [3.63, 3.8) is 0 Å². The fourth-order valence-electron chi connectivity index (χ4n) is 3.46. The van der Waals surface area contributed by atoms with E-state index in [-0.39, 0.29) is 5.91 Å². The molecule has 1 aromatic carbocycles. The van der Waals surface area contributed by atoms with Crippen LogP contribution in [0.1, 0.15) is 36.8 Å². The summed E-state index contributed by atoms with van der Waals surface area (Å²) in [5.74, 6) is 0.637. The van der Waals surface area contributed by atoms with Crippen molar-refractivity contribution in [2.24, 2.45) is 10.4 Å². The molecule has 0 unspecified atom stereocenters. The lowest BCUT2D eigenvalue weighted by Crippen LogP contribution is -2.49. The van der Waals surface area contributed by atoms with Gasteiger partial charge in [0.05, 0.1) is 11.0 Å². The van der Waals surface area contributed by atoms with Gasteiger partial charge in [-0.05, 0) is 30.5 Å². The van der Waals surface area contributed by atoms with Crippen molar-refractivity contribution in [2.75, 3.05) is 27.7 Å². The molecule has 0 atom stereocenters. The molecule has 0 spiro atoms. The van der Waals surface area contributed by atoms with Gasteiger partial charge >= 0.3 is 6.18 Å². The average molecular weight is 384 g/mol. The number of nitrogens with zero attached hydrogens (tertiary/aromatic N) is 2. The van der Waals surface area contributed by atoms with Crippen LogP contribution in [-0.4, -0.2) is 44.5 Å². The lowest BCUT2D eigenvalue weighted by molar-refractivity contribution is -0.139. The number of nitrogens with one attached hydrogen (secondary N) is 2. The first-order valence-electron chi connectivity index (χ1n) is 9.00. The van der Waals surface area contributed by atoms with Gasteiger partial charge in [-0.15, -0.1) is 0 Å². The van der Waals surface area contributed by atoms with E-state index in [0.29, 0.717) is 24.6 Å². The summed E-state index contributed by atoms with van der Waals surface area (Å²) in [5, 5.41) is 6.29. The fraction of sp³-hybridized carbons (Fsp3) is 0.579. The van der Waals surface area contributed by atoms with E-state index in [4.69, 9.17) is 0 Å². The minimum atomic E-state index is -4.34. The van der Waals surface area contributed by atoms with Gasteiger partial charge in [0.25, 0.3) is 0 Å². The summed E-state index contributed by atoms with van der Waals surface area (Å²) in [6.45, 7) is 0.823. The van der Waals surface area contributed by atoms with Crippen molar-refractivity contribution in [1.82, 2.24) is 15.5 Å². The zero-order valence-corrected chi connectivity index (χ0v) is 16.0. The number of amides is 1. The highest BCUT2D eigenvalue weighted by atomic mass is 19.4. The highest BCUT2D eigenvalue weighted by Gasteiger charge is 2.42. The third kappa shape index (κ3) is 5.37. The average Bonchev–Trinajstić information content (AvgIpc) is 3.10. The van der Waals surface area contributed by atoms with Crippen LogP contribution in [0.15, 0.2) is 29.3 Å². The Kier molecular flexibility index (Phi) is 6.73. The van der Waals surface area contributed by atoms with Crippen LogP contribution in [0.5, 0.6) is 0 Å². The van der Waals surface area contributed by atoms with Crippen LogP contribution < -0.4 is 10.6 Å². The highest BCUT2D eigenvalue weighted by molar-refractivity contribution is 5.85. The van der Waals surface area contributed by atoms with Gasteiger partial charge in [0.15, 0.2) is 5.96 Å². The Morgan fingerprint density at radius 1 is 1.15 bits per heavy atom. The van der Waals surface area contributed by atoms with Gasteiger partial charge in [0.2, 0.25) is 5.91 Å². The number of rotatable bonds is 5. The molecule has 1 saturated carbocycles. The highest BCUT2D eigenvalue weighted by Crippen LogP contribution is 2.38. The van der Waals surface area contributed by atoms with Crippen molar-refractivity contribution < 1.29 is 18.0 Å². The standard InChI is InChI=1S/C19H27F3N4O/c1-23-17(24-12-14-6-8-15(9-7-14)19(20,21)22)25-13-18(10-4-5-11-18)16(27)26(2)3/h6-9H,4-5,10-13H2,1-3H3,(H2,23,24,25). The van der Waals surface area contributed by atoms with Gasteiger partial charge in [-0.25, -0.2) is 0 Å². The summed E-state index contributed by atoms with van der Waals surface area (Å²) in [5.41, 5.74) is -0.375. The number of hydrogen-bond acceptors (Lipinski definition) is 2. The molecule has 1 amide bonds. The van der Waals surface area contributed by atoms with E-state index < -0.39 is 17.2 Å². The first-order valence-corrected chi connectivity index (χ1v) is 9.00. The third-order valence-corrected chi connectivity index (χ3v) is 4.98. The number of alkyl halides is 3. The molecule has 8 heteroatoms. The van der Waals surface area contributed by atoms with Gasteiger partial charge in [-0.2, -0.15) is 13.2 Å². The van der Waals surface area contributed by atoms with Crippen LogP contribution in [0.25, 0.3) is 0 Å². The molecule has 150 valence electrons. The Balaban J connectivity index is 1.93. The molecule has 1 aliphatic carbocycles. The molecule has 1 aromatic rings. The smallest absolute Gasteiger partial charge is 0.355 e. The summed E-state index contributed by atoms with van der Waals surface area (Å²) in [7, 11) is 5.15. The van der Waals surface area contributed by atoms with Crippen LogP contribution in [-0.2, 0) is 17.5 Å². The number of carbonyl (C=O) groups excluding carboxylic acids is 1. The van der Waals surface area contributed by atoms with Gasteiger partial charge in [0.1, 0.15) is 0 Å². The molecular formula is C19H27F3N4O. The Bertz CT molecular complexity index is 663. The molecule has 0 saturated heterocycles. The lowest BCUT2D eigenvalue weighted by atomic mass is 9.84. The quantitative estimate of drug-likeness (QED) is 0.606. The van der Waals surface area contributed by atoms with E-state index >= 15 is 0 Å². The van der Waals surface area contributed by atoms with Gasteiger partial charge < -0.3 is 15.5 Å². The zero-order valence-electron chi connectivity index (χ0n) is 16.0. The summed E-state index contributed by atoms with van der Waals surface area (Å²) in [4.78, 5) is 18.4. The van der Waals surface area contributed by atoms with E-state index in [0.717, 1.165) is 37.8 Å². The molecule has 27 heavy (non-hydrogen) atoms. The van der Waals surface area contributed by atoms with Gasteiger partial charge in [0, 0.05) is 34.2 Å². The van der Waals surface area contributed by atoms with Crippen molar-refractivity contribution >= 4 is 11.9 Å². The van der Waals surface area contributed by atoms with Crippen molar-refractivity contribution in [3.05, 3.63) is 35.4 Å². The maximum Gasteiger partial charge on any atom is 0.416 e. The van der Waals surface area contributed by atoms with Crippen molar-refractivity contribution in [3.8, 4) is 0 Å². The molecule has 0 aliphatic heterocycles. The second-order valence-corrected chi connectivity index (χ2v) is 7.16. The number of carbonyl (C=O) groups is 1. The van der Waals surface area contributed by atoms with E-state index in [2.05, 4.69) is 15.6 Å². The van der Waals surface area contributed by atoms with E-state index in [1.54, 1.807) is 26.0 Å². The maximum absolute atomic E-state index is 12.6. The number of hydrogen-bond donors (Lipinski definition) is 2. The minimum Gasteiger partial charge on any atom is -0.355 e. The van der Waals surface area contributed by atoms with Crippen LogP contribution >= 0.6 is 0 Å². The van der Waals surface area contributed by atoms with E-state index in [9.17, 15) is 18.0 Å². The molecular weight excluding hydrogens is 357 g/mol. The first kappa shape index (κ1) is 21.1. The van der Waals surface area contributed by atoms with Gasteiger partial charge in [-0.1, -0.05) is 25.0 Å². The van der Waals surface area contributed by atoms with Crippen LogP contribution in [0.2, 0.25) is 0 Å². The predicted octanol–water partition coefficient (Wildman–Crippen LogP) is 3.02. The minimum absolute atomic E-state index is 0.116. The van der Waals surface area contributed by atoms with Crippen LogP contribution in [0.3, 0.4) is 0 Å². The number of aliphatic imine (C=N–C) groups is 1. The second-order valence-electron chi connectivity index (χ2n) is 7.16. The molecule has 1 aliphatic rings. The summed E-state index contributed by atoms with van der Waals surface area (Å²) in [6, 6.07) is 5.02. The molecule has 2 rings (SSSR count). The second kappa shape index (κ2) is 8.63. The molecule has 0 aromatic heterocycles. The predicted molar refractivity (Wildman–Crippen MR) is 99.2 cm³/mol. The van der Waals surface area contributed by atoms with Crippen molar-refractivity contribution in [2.45, 2.75) is 38.4 Å². The number of halogens is 3. The van der Waals surface area contributed by atoms with E-state index in [1.165, 1.54) is 12.1 Å². The molecule has 5 nitrogen and oxygen atoms in total. The van der Waals surface area contributed by atoms with Gasteiger partial charge in [-0.3, -0.25) is 9.79 Å². The number of benzene rings is 1.